The molecule has 38 heavy (non-hydrogen) atoms. The van der Waals surface area contributed by atoms with Crippen LogP contribution in [0.15, 0.2) is 48.0 Å². The molecule has 1 N–H and O–H groups in total. The third-order valence-corrected chi connectivity index (χ3v) is 6.89. The molecular formula is C29H36N2O7. The second kappa shape index (κ2) is 12.8. The maximum Gasteiger partial charge on any atom is 0.295 e. The number of rotatable bonds is 11. The fraction of sp³-hybridized carbons (Fsp3) is 0.448. The van der Waals surface area contributed by atoms with E-state index in [9.17, 15) is 14.7 Å². The molecule has 2 aromatic rings. The Hall–Kier alpha value is -3.56. The van der Waals surface area contributed by atoms with Crippen molar-refractivity contribution in [1.82, 2.24) is 4.90 Å². The molecule has 2 fully saturated rings. The van der Waals surface area contributed by atoms with E-state index in [2.05, 4.69) is 0 Å². The molecule has 2 aliphatic heterocycles. The van der Waals surface area contributed by atoms with Crippen LogP contribution in [0.3, 0.4) is 0 Å². The van der Waals surface area contributed by atoms with Crippen LogP contribution in [0, 0.1) is 0 Å². The normalized spacial score (nSPS) is 19.6. The van der Waals surface area contributed by atoms with E-state index in [1.165, 1.54) is 9.80 Å². The zero-order chi connectivity index (χ0) is 27.1. The monoisotopic (exact) mass is 524 g/mol. The highest BCUT2D eigenvalue weighted by Crippen LogP contribution is 2.41. The summed E-state index contributed by atoms with van der Waals surface area (Å²) in [5.41, 5.74) is 0.903. The summed E-state index contributed by atoms with van der Waals surface area (Å²) in [5.74, 6) is -0.217. The number of methoxy groups -OCH3 is 1. The zero-order valence-corrected chi connectivity index (χ0v) is 22.3. The SMILES string of the molecule is CCOc1ccc(C2/C(=C(\[O-])c3ccc(OC)cc3)C(=O)C(=O)N2CCC[NH+]2CCOCC2)cc1OCC. The van der Waals surface area contributed by atoms with Crippen LogP contribution >= 0.6 is 0 Å². The molecule has 2 aromatic carbocycles. The highest BCUT2D eigenvalue weighted by Gasteiger charge is 2.44. The summed E-state index contributed by atoms with van der Waals surface area (Å²) in [4.78, 5) is 29.6. The van der Waals surface area contributed by atoms with E-state index in [0.717, 1.165) is 32.8 Å². The van der Waals surface area contributed by atoms with Crippen molar-refractivity contribution in [2.24, 2.45) is 0 Å². The lowest BCUT2D eigenvalue weighted by molar-refractivity contribution is -0.908. The van der Waals surface area contributed by atoms with Crippen molar-refractivity contribution in [3.8, 4) is 17.2 Å². The minimum Gasteiger partial charge on any atom is -0.872 e. The third kappa shape index (κ3) is 5.95. The predicted molar refractivity (Wildman–Crippen MR) is 139 cm³/mol. The number of morpholine rings is 1. The molecule has 1 amide bonds. The molecule has 1 atom stereocenters. The van der Waals surface area contributed by atoms with E-state index in [1.807, 2.05) is 13.8 Å². The number of Topliss-reactive ketones (excluding diaryl/α,β-unsaturated/α-hetero) is 1. The summed E-state index contributed by atoms with van der Waals surface area (Å²) in [6.07, 6.45) is 0.699. The van der Waals surface area contributed by atoms with Gasteiger partial charge >= 0.3 is 0 Å². The average Bonchev–Trinajstić information content (AvgIpc) is 3.19. The van der Waals surface area contributed by atoms with Gasteiger partial charge in [0.05, 0.1) is 46.1 Å². The summed E-state index contributed by atoms with van der Waals surface area (Å²) in [6.45, 7) is 9.12. The summed E-state index contributed by atoms with van der Waals surface area (Å²) < 4.78 is 22.1. The lowest BCUT2D eigenvalue weighted by Gasteiger charge is -2.29. The average molecular weight is 525 g/mol. The number of carbonyl (C=O) groups excluding carboxylic acids is 2. The minimum absolute atomic E-state index is 0.0505. The molecule has 2 aliphatic rings. The second-order valence-electron chi connectivity index (χ2n) is 9.24. The lowest BCUT2D eigenvalue weighted by atomic mass is 9.95. The first-order valence-corrected chi connectivity index (χ1v) is 13.2. The number of ether oxygens (including phenoxy) is 4. The number of ketones is 1. The Kier molecular flexibility index (Phi) is 9.25. The summed E-state index contributed by atoms with van der Waals surface area (Å²) in [5, 5.41) is 13.7. The Balaban J connectivity index is 1.72. The van der Waals surface area contributed by atoms with Crippen LogP contribution in [0.1, 0.15) is 37.4 Å². The highest BCUT2D eigenvalue weighted by molar-refractivity contribution is 6.46. The molecule has 0 saturated carbocycles. The van der Waals surface area contributed by atoms with Gasteiger partial charge in [0.25, 0.3) is 5.91 Å². The van der Waals surface area contributed by atoms with Crippen LogP contribution < -0.4 is 24.2 Å². The fourth-order valence-corrected chi connectivity index (χ4v) is 4.99. The molecule has 0 aliphatic carbocycles. The first kappa shape index (κ1) is 27.5. The molecular weight excluding hydrogens is 488 g/mol. The number of quaternary nitrogens is 1. The van der Waals surface area contributed by atoms with Crippen molar-refractivity contribution in [3.63, 3.8) is 0 Å². The maximum absolute atomic E-state index is 13.7. The Morgan fingerprint density at radius 3 is 2.37 bits per heavy atom. The van der Waals surface area contributed by atoms with Crippen LogP contribution in [-0.2, 0) is 14.3 Å². The Morgan fingerprint density at radius 2 is 1.71 bits per heavy atom. The van der Waals surface area contributed by atoms with Gasteiger partial charge in [-0.1, -0.05) is 24.0 Å². The van der Waals surface area contributed by atoms with Crippen molar-refractivity contribution in [3.05, 3.63) is 59.2 Å². The molecule has 2 heterocycles. The Morgan fingerprint density at radius 1 is 1.03 bits per heavy atom. The van der Waals surface area contributed by atoms with Gasteiger partial charge in [0, 0.05) is 18.5 Å². The van der Waals surface area contributed by atoms with E-state index < -0.39 is 23.5 Å². The van der Waals surface area contributed by atoms with Crippen LogP contribution in [0.5, 0.6) is 17.2 Å². The first-order valence-electron chi connectivity index (χ1n) is 13.2. The molecule has 2 saturated heterocycles. The number of carbonyl (C=O) groups is 2. The number of hydrogen-bond acceptors (Lipinski definition) is 7. The first-order chi connectivity index (χ1) is 18.5. The molecule has 0 radical (unpaired) electrons. The van der Waals surface area contributed by atoms with Crippen LogP contribution in [0.25, 0.3) is 5.76 Å². The molecule has 204 valence electrons. The van der Waals surface area contributed by atoms with E-state index in [0.29, 0.717) is 54.6 Å². The van der Waals surface area contributed by atoms with Gasteiger partial charge in [-0.3, -0.25) is 9.59 Å². The number of nitrogens with zero attached hydrogens (tertiary/aromatic N) is 1. The predicted octanol–water partition coefficient (Wildman–Crippen LogP) is 1.02. The minimum atomic E-state index is -0.820. The quantitative estimate of drug-likeness (QED) is 0.266. The van der Waals surface area contributed by atoms with E-state index in [-0.39, 0.29) is 5.57 Å². The summed E-state index contributed by atoms with van der Waals surface area (Å²) in [7, 11) is 1.54. The number of likely N-dealkylation sites (tertiary alicyclic amines) is 1. The highest BCUT2D eigenvalue weighted by atomic mass is 16.5. The molecule has 4 rings (SSSR count). The third-order valence-electron chi connectivity index (χ3n) is 6.89. The van der Waals surface area contributed by atoms with Crippen LogP contribution in [0.2, 0.25) is 0 Å². The van der Waals surface area contributed by atoms with Crippen LogP contribution in [0.4, 0.5) is 0 Å². The van der Waals surface area contributed by atoms with E-state index >= 15 is 0 Å². The van der Waals surface area contributed by atoms with Crippen molar-refractivity contribution < 1.29 is 38.5 Å². The lowest BCUT2D eigenvalue weighted by Crippen LogP contribution is -3.14. The molecule has 0 bridgehead atoms. The summed E-state index contributed by atoms with van der Waals surface area (Å²) >= 11 is 0. The molecule has 9 nitrogen and oxygen atoms in total. The zero-order valence-electron chi connectivity index (χ0n) is 22.3. The van der Waals surface area contributed by atoms with Crippen molar-refractivity contribution >= 4 is 17.4 Å². The molecule has 0 aromatic heterocycles. The van der Waals surface area contributed by atoms with Crippen LogP contribution in [-0.4, -0.2) is 76.3 Å². The number of nitrogens with one attached hydrogen (secondary N) is 1. The topological polar surface area (TPSA) is 102 Å². The van der Waals surface area contributed by atoms with Crippen molar-refractivity contribution in [2.45, 2.75) is 26.3 Å². The van der Waals surface area contributed by atoms with Gasteiger partial charge in [0.1, 0.15) is 18.8 Å². The number of hydrogen-bond donors (Lipinski definition) is 1. The Labute approximate surface area is 223 Å². The number of amides is 1. The van der Waals surface area contributed by atoms with E-state index in [1.54, 1.807) is 49.6 Å². The maximum atomic E-state index is 13.7. The van der Waals surface area contributed by atoms with Gasteiger partial charge in [0.2, 0.25) is 5.78 Å². The molecule has 9 heteroatoms. The van der Waals surface area contributed by atoms with Crippen molar-refractivity contribution in [2.75, 3.05) is 59.7 Å². The fourth-order valence-electron chi connectivity index (χ4n) is 4.99. The summed E-state index contributed by atoms with van der Waals surface area (Å²) in [6, 6.07) is 11.1. The standard InChI is InChI=1S/C29H36N2O7/c1-4-37-23-12-9-21(19-24(23)38-5-2)26-25(27(32)20-7-10-22(35-3)11-8-20)28(33)29(34)31(26)14-6-13-30-15-17-36-18-16-30/h7-12,19,26,32H,4-6,13-18H2,1-3H3/b27-25+. The second-order valence-corrected chi connectivity index (χ2v) is 9.24. The van der Waals surface area contributed by atoms with Gasteiger partial charge in [-0.2, -0.15) is 0 Å². The van der Waals surface area contributed by atoms with Gasteiger partial charge < -0.3 is 33.9 Å². The Bertz CT molecular complexity index is 1160. The largest absolute Gasteiger partial charge is 0.872 e. The van der Waals surface area contributed by atoms with Gasteiger partial charge in [-0.05, 0) is 49.2 Å². The van der Waals surface area contributed by atoms with Gasteiger partial charge in [-0.25, -0.2) is 0 Å². The van der Waals surface area contributed by atoms with Gasteiger partial charge in [0.15, 0.2) is 11.5 Å². The van der Waals surface area contributed by atoms with Gasteiger partial charge in [-0.15, -0.1) is 0 Å². The number of benzene rings is 2. The molecule has 0 spiro atoms. The van der Waals surface area contributed by atoms with E-state index in [4.69, 9.17) is 18.9 Å². The van der Waals surface area contributed by atoms with Crippen molar-refractivity contribution in [1.29, 1.82) is 0 Å². The molecule has 1 unspecified atom stereocenters. The smallest absolute Gasteiger partial charge is 0.295 e.